The number of hydrogen-bond donors (Lipinski definition) is 2. The molecule has 0 aliphatic heterocycles. The molecule has 4 heteroatoms. The summed E-state index contributed by atoms with van der Waals surface area (Å²) in [5.74, 6) is 0. The summed E-state index contributed by atoms with van der Waals surface area (Å²) in [6.07, 6.45) is 1.43. The number of nitrogens with one attached hydrogen (secondary N) is 1. The van der Waals surface area contributed by atoms with Gasteiger partial charge in [0.1, 0.15) is 5.60 Å². The van der Waals surface area contributed by atoms with Crippen LogP contribution in [0.4, 0.5) is 4.79 Å². The number of benzene rings is 1. The molecule has 0 atom stereocenters. The predicted octanol–water partition coefficient (Wildman–Crippen LogP) is 2.77. The fraction of sp³-hybridized carbons (Fsp3) is 0.562. The van der Waals surface area contributed by atoms with E-state index in [1.807, 2.05) is 20.8 Å². The molecular weight excluding hydrogens is 252 g/mol. The van der Waals surface area contributed by atoms with Gasteiger partial charge in [-0.1, -0.05) is 25.1 Å². The Labute approximate surface area is 121 Å². The summed E-state index contributed by atoms with van der Waals surface area (Å²) in [5, 5.41) is 2.80. The zero-order chi connectivity index (χ0) is 15.2. The van der Waals surface area contributed by atoms with E-state index in [4.69, 9.17) is 10.5 Å². The molecular formula is C16H26N2O2. The highest BCUT2D eigenvalue weighted by Crippen LogP contribution is 2.14. The summed E-state index contributed by atoms with van der Waals surface area (Å²) in [5.41, 5.74) is 8.71. The lowest BCUT2D eigenvalue weighted by atomic mass is 10.0. The molecule has 0 fully saturated rings. The van der Waals surface area contributed by atoms with Gasteiger partial charge < -0.3 is 15.8 Å². The standard InChI is InChI=1S/C16H26N2O2/c1-5-13-10-12(8-9-17)6-7-14(13)11-18-15(19)20-16(2,3)4/h6-7,10H,5,8-9,11,17H2,1-4H3,(H,18,19). The van der Waals surface area contributed by atoms with Gasteiger partial charge in [0.15, 0.2) is 0 Å². The number of ether oxygens (including phenoxy) is 1. The first kappa shape index (κ1) is 16.5. The molecule has 20 heavy (non-hydrogen) atoms. The highest BCUT2D eigenvalue weighted by atomic mass is 16.6. The summed E-state index contributed by atoms with van der Waals surface area (Å²) >= 11 is 0. The average molecular weight is 278 g/mol. The van der Waals surface area contributed by atoms with Gasteiger partial charge in [0, 0.05) is 6.54 Å². The molecule has 0 aliphatic rings. The fourth-order valence-electron chi connectivity index (χ4n) is 1.98. The topological polar surface area (TPSA) is 64.3 Å². The van der Waals surface area contributed by atoms with E-state index >= 15 is 0 Å². The average Bonchev–Trinajstić information content (AvgIpc) is 2.35. The minimum Gasteiger partial charge on any atom is -0.444 e. The Morgan fingerprint density at radius 1 is 1.30 bits per heavy atom. The van der Waals surface area contributed by atoms with Crippen LogP contribution in [0.1, 0.15) is 44.4 Å². The first-order chi connectivity index (χ1) is 9.35. The Morgan fingerprint density at radius 3 is 2.55 bits per heavy atom. The lowest BCUT2D eigenvalue weighted by Gasteiger charge is -2.20. The quantitative estimate of drug-likeness (QED) is 0.870. The largest absolute Gasteiger partial charge is 0.444 e. The fourth-order valence-corrected chi connectivity index (χ4v) is 1.98. The second-order valence-corrected chi connectivity index (χ2v) is 5.85. The van der Waals surface area contributed by atoms with Crippen molar-refractivity contribution >= 4 is 6.09 Å². The van der Waals surface area contributed by atoms with Crippen molar-refractivity contribution in [3.63, 3.8) is 0 Å². The molecule has 1 aromatic rings. The van der Waals surface area contributed by atoms with E-state index in [0.29, 0.717) is 13.1 Å². The molecule has 4 nitrogen and oxygen atoms in total. The first-order valence-corrected chi connectivity index (χ1v) is 7.13. The van der Waals surface area contributed by atoms with Crippen molar-refractivity contribution < 1.29 is 9.53 Å². The van der Waals surface area contributed by atoms with Crippen molar-refractivity contribution in [2.45, 2.75) is 52.7 Å². The minimum absolute atomic E-state index is 0.384. The molecule has 0 aromatic heterocycles. The SMILES string of the molecule is CCc1cc(CCN)ccc1CNC(=O)OC(C)(C)C. The maximum Gasteiger partial charge on any atom is 0.407 e. The molecule has 0 radical (unpaired) electrons. The van der Waals surface area contributed by atoms with E-state index in [-0.39, 0.29) is 6.09 Å². The normalized spacial score (nSPS) is 11.2. The van der Waals surface area contributed by atoms with Crippen molar-refractivity contribution in [2.75, 3.05) is 6.54 Å². The van der Waals surface area contributed by atoms with Gasteiger partial charge in [0.2, 0.25) is 0 Å². The lowest BCUT2D eigenvalue weighted by molar-refractivity contribution is 0.0523. The van der Waals surface area contributed by atoms with E-state index in [1.165, 1.54) is 11.1 Å². The van der Waals surface area contributed by atoms with Crippen LogP contribution in [0.2, 0.25) is 0 Å². The number of hydrogen-bond acceptors (Lipinski definition) is 3. The Bertz CT molecular complexity index is 450. The number of aryl methyl sites for hydroxylation is 1. The zero-order valence-corrected chi connectivity index (χ0v) is 13.0. The molecule has 0 aliphatic carbocycles. The van der Waals surface area contributed by atoms with E-state index in [0.717, 1.165) is 18.4 Å². The molecule has 0 saturated carbocycles. The molecule has 1 amide bonds. The summed E-state index contributed by atoms with van der Waals surface area (Å²) in [6, 6.07) is 6.29. The summed E-state index contributed by atoms with van der Waals surface area (Å²) in [6.45, 7) is 8.81. The molecule has 1 rings (SSSR count). The van der Waals surface area contributed by atoms with Crippen LogP contribution in [0.5, 0.6) is 0 Å². The van der Waals surface area contributed by atoms with E-state index in [2.05, 4.69) is 30.4 Å². The Balaban J connectivity index is 2.65. The molecule has 1 aromatic carbocycles. The third-order valence-corrected chi connectivity index (χ3v) is 2.91. The second kappa shape index (κ2) is 7.29. The summed E-state index contributed by atoms with van der Waals surface area (Å²) in [4.78, 5) is 11.7. The van der Waals surface area contributed by atoms with Crippen LogP contribution in [0.25, 0.3) is 0 Å². The van der Waals surface area contributed by atoms with Gasteiger partial charge in [-0.15, -0.1) is 0 Å². The van der Waals surface area contributed by atoms with Gasteiger partial charge in [0.05, 0.1) is 0 Å². The Morgan fingerprint density at radius 2 is 2.00 bits per heavy atom. The van der Waals surface area contributed by atoms with E-state index in [9.17, 15) is 4.79 Å². The molecule has 0 heterocycles. The number of alkyl carbamates (subject to hydrolysis) is 1. The van der Waals surface area contributed by atoms with Crippen LogP contribution in [-0.2, 0) is 24.1 Å². The molecule has 0 bridgehead atoms. The van der Waals surface area contributed by atoms with Gasteiger partial charge in [-0.05, 0) is 56.8 Å². The van der Waals surface area contributed by atoms with E-state index in [1.54, 1.807) is 0 Å². The number of rotatable bonds is 5. The molecule has 0 unspecified atom stereocenters. The van der Waals surface area contributed by atoms with Crippen molar-refractivity contribution in [2.24, 2.45) is 5.73 Å². The molecule has 0 saturated heterocycles. The molecule has 112 valence electrons. The molecule has 0 spiro atoms. The van der Waals surface area contributed by atoms with Gasteiger partial charge in [-0.25, -0.2) is 4.79 Å². The smallest absolute Gasteiger partial charge is 0.407 e. The van der Waals surface area contributed by atoms with Gasteiger partial charge >= 0.3 is 6.09 Å². The van der Waals surface area contributed by atoms with Gasteiger partial charge in [-0.2, -0.15) is 0 Å². The second-order valence-electron chi connectivity index (χ2n) is 5.85. The Kier molecular flexibility index (Phi) is 6.02. The number of carbonyl (C=O) groups is 1. The maximum absolute atomic E-state index is 11.7. The molecule has 3 N–H and O–H groups in total. The maximum atomic E-state index is 11.7. The zero-order valence-electron chi connectivity index (χ0n) is 13.0. The summed E-state index contributed by atoms with van der Waals surface area (Å²) in [7, 11) is 0. The Hall–Kier alpha value is -1.55. The van der Waals surface area contributed by atoms with Crippen molar-refractivity contribution in [3.05, 3.63) is 34.9 Å². The lowest BCUT2D eigenvalue weighted by Crippen LogP contribution is -2.32. The number of amides is 1. The predicted molar refractivity (Wildman–Crippen MR) is 81.7 cm³/mol. The van der Waals surface area contributed by atoms with Crippen LogP contribution in [0.3, 0.4) is 0 Å². The van der Waals surface area contributed by atoms with E-state index < -0.39 is 5.60 Å². The van der Waals surface area contributed by atoms with Crippen LogP contribution in [-0.4, -0.2) is 18.2 Å². The third-order valence-electron chi connectivity index (χ3n) is 2.91. The first-order valence-electron chi connectivity index (χ1n) is 7.13. The number of carbonyl (C=O) groups excluding carboxylic acids is 1. The monoisotopic (exact) mass is 278 g/mol. The minimum atomic E-state index is -0.470. The van der Waals surface area contributed by atoms with Crippen molar-refractivity contribution in [3.8, 4) is 0 Å². The van der Waals surface area contributed by atoms with Gasteiger partial charge in [-0.3, -0.25) is 0 Å². The number of nitrogens with two attached hydrogens (primary N) is 1. The third kappa shape index (κ3) is 5.61. The highest BCUT2D eigenvalue weighted by molar-refractivity contribution is 5.67. The van der Waals surface area contributed by atoms with Crippen LogP contribution < -0.4 is 11.1 Å². The van der Waals surface area contributed by atoms with Gasteiger partial charge in [0.25, 0.3) is 0 Å². The van der Waals surface area contributed by atoms with Crippen LogP contribution >= 0.6 is 0 Å². The van der Waals surface area contributed by atoms with Crippen molar-refractivity contribution in [1.82, 2.24) is 5.32 Å². The van der Waals surface area contributed by atoms with Crippen molar-refractivity contribution in [1.29, 1.82) is 0 Å². The van der Waals surface area contributed by atoms with Crippen LogP contribution in [0.15, 0.2) is 18.2 Å². The highest BCUT2D eigenvalue weighted by Gasteiger charge is 2.16. The van der Waals surface area contributed by atoms with Crippen LogP contribution in [0, 0.1) is 0 Å². The summed E-state index contributed by atoms with van der Waals surface area (Å²) < 4.78 is 5.23.